The molecule has 4 rings (SSSR count). The molecule has 0 aromatic carbocycles. The molecule has 2 N–H and O–H groups in total. The quantitative estimate of drug-likeness (QED) is 0.352. The van der Waals surface area contributed by atoms with Gasteiger partial charge < -0.3 is 14.7 Å². The largest absolute Gasteiger partial charge is 0.360 e. The monoisotopic (exact) mass is 432 g/mol. The van der Waals surface area contributed by atoms with Crippen LogP contribution in [0.2, 0.25) is 0 Å². The molecule has 1 aromatic heterocycles. The lowest BCUT2D eigenvalue weighted by molar-refractivity contribution is -0.154. The van der Waals surface area contributed by atoms with Crippen LogP contribution in [0.1, 0.15) is 63.5 Å². The third-order valence-electron chi connectivity index (χ3n) is 7.14. The normalized spacial score (nSPS) is 23.2. The molecule has 0 bridgehead atoms. The van der Waals surface area contributed by atoms with E-state index in [1.807, 2.05) is 0 Å². The number of hydroxylamine groups is 2. The zero-order valence-corrected chi connectivity index (χ0v) is 18.1. The summed E-state index contributed by atoms with van der Waals surface area (Å²) in [5, 5.41) is 17.0. The highest BCUT2D eigenvalue weighted by Gasteiger charge is 2.55. The van der Waals surface area contributed by atoms with E-state index in [9.17, 15) is 19.6 Å². The molecule has 9 nitrogen and oxygen atoms in total. The lowest BCUT2D eigenvalue weighted by atomic mass is 9.90. The summed E-state index contributed by atoms with van der Waals surface area (Å²) in [7, 11) is 0. The number of carbonyl (C=O) groups is 3. The van der Waals surface area contributed by atoms with Crippen molar-refractivity contribution in [2.45, 2.75) is 70.8 Å². The predicted molar refractivity (Wildman–Crippen MR) is 111 cm³/mol. The number of aromatic nitrogens is 1. The summed E-state index contributed by atoms with van der Waals surface area (Å²) < 4.78 is 5.02. The van der Waals surface area contributed by atoms with Crippen molar-refractivity contribution in [3.63, 3.8) is 0 Å². The number of anilines is 1. The van der Waals surface area contributed by atoms with Gasteiger partial charge in [0, 0.05) is 19.0 Å². The van der Waals surface area contributed by atoms with Gasteiger partial charge >= 0.3 is 0 Å². The van der Waals surface area contributed by atoms with Crippen molar-refractivity contribution in [1.29, 1.82) is 0 Å². The van der Waals surface area contributed by atoms with Crippen molar-refractivity contribution in [2.75, 3.05) is 18.4 Å². The number of rotatable bonds is 9. The SMILES string of the molecule is Cc1cc(NC(=O)[C@@H]2CC3(CC3)CN2C(=O)CC(CC2CCCC2)CN(O)C=O)no1. The second-order valence-corrected chi connectivity index (χ2v) is 9.74. The number of aryl methyl sites for hydroxylation is 1. The van der Waals surface area contributed by atoms with E-state index in [2.05, 4.69) is 10.5 Å². The molecule has 2 saturated carbocycles. The fourth-order valence-corrected chi connectivity index (χ4v) is 5.34. The molecule has 1 unspecified atom stereocenters. The summed E-state index contributed by atoms with van der Waals surface area (Å²) in [5.41, 5.74) is 0.0597. The van der Waals surface area contributed by atoms with E-state index in [1.54, 1.807) is 17.9 Å². The zero-order valence-electron chi connectivity index (χ0n) is 18.1. The van der Waals surface area contributed by atoms with Gasteiger partial charge in [0.2, 0.25) is 18.2 Å². The summed E-state index contributed by atoms with van der Waals surface area (Å²) in [4.78, 5) is 38.9. The van der Waals surface area contributed by atoms with E-state index in [4.69, 9.17) is 4.52 Å². The fourth-order valence-electron chi connectivity index (χ4n) is 5.34. The predicted octanol–water partition coefficient (Wildman–Crippen LogP) is 2.74. The first-order valence-electron chi connectivity index (χ1n) is 11.3. The molecule has 31 heavy (non-hydrogen) atoms. The van der Waals surface area contributed by atoms with Crippen molar-refractivity contribution in [3.8, 4) is 0 Å². The van der Waals surface area contributed by atoms with Crippen molar-refractivity contribution in [2.24, 2.45) is 17.3 Å². The Kier molecular flexibility index (Phi) is 6.31. The van der Waals surface area contributed by atoms with Crippen LogP contribution < -0.4 is 5.32 Å². The fraction of sp³-hybridized carbons (Fsp3) is 0.727. The highest BCUT2D eigenvalue weighted by molar-refractivity contribution is 5.97. The minimum Gasteiger partial charge on any atom is -0.360 e. The molecule has 1 saturated heterocycles. The summed E-state index contributed by atoms with van der Waals surface area (Å²) in [6, 6.07) is 1.12. The Hall–Kier alpha value is -2.42. The van der Waals surface area contributed by atoms with E-state index in [0.29, 0.717) is 41.9 Å². The van der Waals surface area contributed by atoms with Crippen LogP contribution in [0.15, 0.2) is 10.6 Å². The first-order chi connectivity index (χ1) is 14.9. The number of likely N-dealkylation sites (tertiary alicyclic amines) is 1. The highest BCUT2D eigenvalue weighted by Crippen LogP contribution is 2.55. The Balaban J connectivity index is 1.43. The van der Waals surface area contributed by atoms with Crippen molar-refractivity contribution < 1.29 is 24.1 Å². The highest BCUT2D eigenvalue weighted by atomic mass is 16.5. The lowest BCUT2D eigenvalue weighted by Gasteiger charge is -2.28. The number of hydrogen-bond acceptors (Lipinski definition) is 6. The van der Waals surface area contributed by atoms with Crippen LogP contribution in [-0.2, 0) is 14.4 Å². The van der Waals surface area contributed by atoms with Gasteiger partial charge in [-0.3, -0.25) is 19.6 Å². The van der Waals surface area contributed by atoms with Crippen LogP contribution in [0.5, 0.6) is 0 Å². The first-order valence-corrected chi connectivity index (χ1v) is 11.3. The third kappa shape index (κ3) is 5.26. The smallest absolute Gasteiger partial charge is 0.248 e. The number of nitrogens with zero attached hydrogens (tertiary/aromatic N) is 3. The van der Waals surface area contributed by atoms with Gasteiger partial charge in [0.05, 0.1) is 6.54 Å². The van der Waals surface area contributed by atoms with Gasteiger partial charge in [-0.2, -0.15) is 0 Å². The van der Waals surface area contributed by atoms with Crippen LogP contribution in [0, 0.1) is 24.2 Å². The molecule has 9 heteroatoms. The maximum Gasteiger partial charge on any atom is 0.248 e. The molecule has 2 atom stereocenters. The standard InChI is InChI=1S/C22H32N4O5/c1-15-8-19(24-31-15)23-21(29)18-11-22(6-7-22)13-26(18)20(28)10-17(12-25(30)14-27)9-16-4-2-3-5-16/h8,14,16-18,30H,2-7,9-13H2,1H3,(H,23,24,29)/t17?,18-/m0/s1. The number of amides is 3. The molecule has 3 fully saturated rings. The molecular weight excluding hydrogens is 400 g/mol. The van der Waals surface area contributed by atoms with Crippen LogP contribution in [0.4, 0.5) is 5.82 Å². The van der Waals surface area contributed by atoms with Crippen molar-refractivity contribution in [3.05, 3.63) is 11.8 Å². The van der Waals surface area contributed by atoms with E-state index in [0.717, 1.165) is 32.1 Å². The van der Waals surface area contributed by atoms with Crippen LogP contribution in [0.3, 0.4) is 0 Å². The Bertz CT molecular complexity index is 815. The molecule has 1 aliphatic heterocycles. The van der Waals surface area contributed by atoms with E-state index in [1.165, 1.54) is 12.8 Å². The minimum atomic E-state index is -0.532. The van der Waals surface area contributed by atoms with Gasteiger partial charge in [-0.15, -0.1) is 0 Å². The van der Waals surface area contributed by atoms with Gasteiger partial charge in [0.15, 0.2) is 5.82 Å². The van der Waals surface area contributed by atoms with Crippen LogP contribution in [0.25, 0.3) is 0 Å². The average Bonchev–Trinajstić information content (AvgIpc) is 3.07. The number of nitrogens with one attached hydrogen (secondary N) is 1. The van der Waals surface area contributed by atoms with Gasteiger partial charge in [0.1, 0.15) is 11.8 Å². The second-order valence-electron chi connectivity index (χ2n) is 9.74. The van der Waals surface area contributed by atoms with Gasteiger partial charge in [-0.05, 0) is 49.9 Å². The second kappa shape index (κ2) is 8.98. The zero-order chi connectivity index (χ0) is 22.0. The molecule has 170 valence electrons. The summed E-state index contributed by atoms with van der Waals surface area (Å²) in [6.45, 7) is 2.48. The van der Waals surface area contributed by atoms with Gasteiger partial charge in [0.25, 0.3) is 0 Å². The number of hydrogen-bond donors (Lipinski definition) is 2. The summed E-state index contributed by atoms with van der Waals surface area (Å²) in [6.07, 6.45) is 8.80. The molecule has 3 amide bonds. The van der Waals surface area contributed by atoms with Crippen molar-refractivity contribution >= 4 is 24.0 Å². The topological polar surface area (TPSA) is 116 Å². The Morgan fingerprint density at radius 3 is 2.77 bits per heavy atom. The minimum absolute atomic E-state index is 0.0597. The van der Waals surface area contributed by atoms with Crippen molar-refractivity contribution in [1.82, 2.24) is 15.1 Å². The Morgan fingerprint density at radius 1 is 1.42 bits per heavy atom. The summed E-state index contributed by atoms with van der Waals surface area (Å²) in [5.74, 6) is 1.04. The Morgan fingerprint density at radius 2 is 2.16 bits per heavy atom. The molecule has 3 aliphatic rings. The van der Waals surface area contributed by atoms with Crippen LogP contribution in [-0.4, -0.2) is 57.7 Å². The molecule has 2 aliphatic carbocycles. The van der Waals surface area contributed by atoms with E-state index >= 15 is 0 Å². The first kappa shape index (κ1) is 21.8. The third-order valence-corrected chi connectivity index (χ3v) is 7.14. The Labute approximate surface area is 182 Å². The van der Waals surface area contributed by atoms with Crippen LogP contribution >= 0.6 is 0 Å². The maximum absolute atomic E-state index is 13.3. The lowest BCUT2D eigenvalue weighted by Crippen LogP contribution is -2.44. The van der Waals surface area contributed by atoms with E-state index in [-0.39, 0.29) is 36.1 Å². The molecule has 1 aromatic rings. The molecular formula is C22H32N4O5. The number of carbonyl (C=O) groups excluding carboxylic acids is 3. The maximum atomic E-state index is 13.3. The van der Waals surface area contributed by atoms with Gasteiger partial charge in [-0.1, -0.05) is 30.8 Å². The average molecular weight is 433 g/mol. The van der Waals surface area contributed by atoms with Gasteiger partial charge in [-0.25, -0.2) is 5.06 Å². The molecule has 0 radical (unpaired) electrons. The molecule has 2 heterocycles. The summed E-state index contributed by atoms with van der Waals surface area (Å²) >= 11 is 0. The molecule has 1 spiro atoms. The van der Waals surface area contributed by atoms with E-state index < -0.39 is 6.04 Å².